The quantitative estimate of drug-likeness (QED) is 0.345. The molecule has 0 aromatic rings. The van der Waals surface area contributed by atoms with E-state index in [1.165, 1.54) is 0 Å². The minimum atomic E-state index is -1.25. The highest BCUT2D eigenvalue weighted by atomic mass is 16.6. The maximum absolute atomic E-state index is 13.9. The number of carbonyl (C=O) groups is 3. The molecule has 2 amide bonds. The number of ether oxygens (including phenoxy) is 2. The van der Waals surface area contributed by atoms with E-state index in [0.29, 0.717) is 26.1 Å². The Morgan fingerprint density at radius 1 is 1.03 bits per heavy atom. The predicted molar refractivity (Wildman–Crippen MR) is 126 cm³/mol. The summed E-state index contributed by atoms with van der Waals surface area (Å²) in [5.74, 6) is -2.58. The summed E-state index contributed by atoms with van der Waals surface area (Å²) < 4.78 is 12.3. The third-order valence-electron chi connectivity index (χ3n) is 7.67. The smallest absolute Gasteiger partial charge is 0.313 e. The van der Waals surface area contributed by atoms with Crippen LogP contribution in [0.1, 0.15) is 58.8 Å². The van der Waals surface area contributed by atoms with Crippen LogP contribution in [0.4, 0.5) is 0 Å². The third-order valence-corrected chi connectivity index (χ3v) is 7.67. The lowest BCUT2D eigenvalue weighted by Crippen LogP contribution is -2.56. The molecule has 0 saturated carbocycles. The van der Waals surface area contributed by atoms with Crippen LogP contribution in [-0.2, 0) is 23.9 Å². The van der Waals surface area contributed by atoms with Crippen molar-refractivity contribution in [3.8, 4) is 0 Å². The Balaban J connectivity index is 1.78. The number of unbranched alkanes of at least 4 members (excludes halogenated alkanes) is 2. The molecule has 4 aliphatic heterocycles. The highest BCUT2D eigenvalue weighted by molar-refractivity contribution is 5.99. The molecule has 0 aromatic heterocycles. The molecule has 0 radical (unpaired) electrons. The molecular formula is C26H38N2O6. The van der Waals surface area contributed by atoms with Crippen molar-refractivity contribution < 1.29 is 29.0 Å². The number of likely N-dealkylation sites (tertiary alicyclic amines) is 1. The normalized spacial score (nSPS) is 36.6. The number of nitrogens with zero attached hydrogens (tertiary/aromatic N) is 2. The molecule has 2 fully saturated rings. The van der Waals surface area contributed by atoms with E-state index < -0.39 is 35.0 Å². The van der Waals surface area contributed by atoms with Gasteiger partial charge in [-0.05, 0) is 39.0 Å². The van der Waals surface area contributed by atoms with Crippen molar-refractivity contribution in [2.45, 2.75) is 76.0 Å². The Labute approximate surface area is 201 Å². The van der Waals surface area contributed by atoms with E-state index in [4.69, 9.17) is 9.47 Å². The number of carbonyl (C=O) groups excluding carboxylic acids is 3. The van der Waals surface area contributed by atoms with Gasteiger partial charge in [0.05, 0.1) is 18.1 Å². The van der Waals surface area contributed by atoms with Gasteiger partial charge in [-0.2, -0.15) is 0 Å². The number of amides is 2. The first-order valence-electron chi connectivity index (χ1n) is 12.8. The Kier molecular flexibility index (Phi) is 7.48. The maximum atomic E-state index is 13.9. The van der Waals surface area contributed by atoms with Crippen LogP contribution in [0.15, 0.2) is 24.3 Å². The number of cyclic esters (lactones) is 1. The molecule has 4 rings (SSSR count). The Morgan fingerprint density at radius 2 is 1.85 bits per heavy atom. The van der Waals surface area contributed by atoms with Crippen LogP contribution in [0.5, 0.6) is 0 Å². The summed E-state index contributed by atoms with van der Waals surface area (Å²) in [4.78, 5) is 44.5. The second kappa shape index (κ2) is 10.2. The zero-order chi connectivity index (χ0) is 24.3. The van der Waals surface area contributed by atoms with Gasteiger partial charge in [0.2, 0.25) is 11.8 Å². The highest BCUT2D eigenvalue weighted by Gasteiger charge is 2.74. The van der Waals surface area contributed by atoms with Gasteiger partial charge in [-0.25, -0.2) is 0 Å². The minimum Gasteiger partial charge on any atom is -0.465 e. The largest absolute Gasteiger partial charge is 0.465 e. The van der Waals surface area contributed by atoms with Gasteiger partial charge in [0.1, 0.15) is 17.6 Å². The SMILES string of the molecule is CCCCCN1CC=C[C@]23O[C@]4(C)/C=C\CCCCOC(=O)[C@@H]4[C@H]2C(=O)N(CCCO)C3C1=O. The number of hydrogen-bond donors (Lipinski definition) is 1. The van der Waals surface area contributed by atoms with Crippen molar-refractivity contribution in [3.63, 3.8) is 0 Å². The summed E-state index contributed by atoms with van der Waals surface area (Å²) in [6.07, 6.45) is 13.5. The lowest BCUT2D eigenvalue weighted by molar-refractivity contribution is -0.160. The number of aliphatic hydroxyl groups is 1. The van der Waals surface area contributed by atoms with Crippen LogP contribution >= 0.6 is 0 Å². The van der Waals surface area contributed by atoms with E-state index in [0.717, 1.165) is 38.5 Å². The van der Waals surface area contributed by atoms with E-state index in [1.54, 1.807) is 9.80 Å². The van der Waals surface area contributed by atoms with Crippen LogP contribution in [0.2, 0.25) is 0 Å². The fraction of sp³-hybridized carbons (Fsp3) is 0.731. The predicted octanol–water partition coefficient (Wildman–Crippen LogP) is 2.21. The summed E-state index contributed by atoms with van der Waals surface area (Å²) in [7, 11) is 0. The number of fused-ring (bicyclic) bond motifs is 2. The van der Waals surface area contributed by atoms with Crippen molar-refractivity contribution in [2.75, 3.05) is 32.8 Å². The molecule has 8 nitrogen and oxygen atoms in total. The van der Waals surface area contributed by atoms with Gasteiger partial charge in [0.25, 0.3) is 0 Å². The zero-order valence-electron chi connectivity index (χ0n) is 20.4. The van der Waals surface area contributed by atoms with E-state index in [2.05, 4.69) is 6.92 Å². The molecule has 5 atom stereocenters. The monoisotopic (exact) mass is 474 g/mol. The second-order valence-corrected chi connectivity index (χ2v) is 10.1. The van der Waals surface area contributed by atoms with Gasteiger partial charge in [-0.1, -0.05) is 44.1 Å². The Morgan fingerprint density at radius 3 is 2.62 bits per heavy atom. The van der Waals surface area contributed by atoms with Crippen LogP contribution in [0.3, 0.4) is 0 Å². The molecule has 34 heavy (non-hydrogen) atoms. The number of allylic oxidation sites excluding steroid dienone is 1. The first kappa shape index (κ1) is 24.9. The molecule has 2 saturated heterocycles. The average Bonchev–Trinajstić information content (AvgIpc) is 3.14. The molecule has 0 aliphatic carbocycles. The topological polar surface area (TPSA) is 96.4 Å². The van der Waals surface area contributed by atoms with Crippen LogP contribution < -0.4 is 0 Å². The fourth-order valence-corrected chi connectivity index (χ4v) is 6.08. The summed E-state index contributed by atoms with van der Waals surface area (Å²) in [5, 5.41) is 9.46. The van der Waals surface area contributed by atoms with Crippen LogP contribution in [0, 0.1) is 11.8 Å². The molecule has 4 heterocycles. The summed E-state index contributed by atoms with van der Waals surface area (Å²) >= 11 is 0. The highest BCUT2D eigenvalue weighted by Crippen LogP contribution is 2.57. The lowest BCUT2D eigenvalue weighted by atomic mass is 9.74. The van der Waals surface area contributed by atoms with Gasteiger partial charge in [-0.3, -0.25) is 14.4 Å². The minimum absolute atomic E-state index is 0.0921. The van der Waals surface area contributed by atoms with E-state index >= 15 is 0 Å². The van der Waals surface area contributed by atoms with Crippen LogP contribution in [-0.4, -0.2) is 82.8 Å². The molecule has 1 N–H and O–H groups in total. The number of hydrogen-bond acceptors (Lipinski definition) is 6. The van der Waals surface area contributed by atoms with Crippen molar-refractivity contribution in [1.29, 1.82) is 0 Å². The summed E-state index contributed by atoms with van der Waals surface area (Å²) in [5.41, 5.74) is -2.31. The molecular weight excluding hydrogens is 436 g/mol. The zero-order valence-corrected chi connectivity index (χ0v) is 20.4. The fourth-order valence-electron chi connectivity index (χ4n) is 6.08. The number of aliphatic hydroxyl groups excluding tert-OH is 1. The van der Waals surface area contributed by atoms with Crippen LogP contribution in [0.25, 0.3) is 0 Å². The third kappa shape index (κ3) is 4.19. The first-order chi connectivity index (χ1) is 16.4. The van der Waals surface area contributed by atoms with Crippen molar-refractivity contribution in [2.24, 2.45) is 11.8 Å². The first-order valence-corrected chi connectivity index (χ1v) is 12.8. The molecule has 4 aliphatic rings. The van der Waals surface area contributed by atoms with Gasteiger partial charge >= 0.3 is 5.97 Å². The van der Waals surface area contributed by atoms with Crippen molar-refractivity contribution in [1.82, 2.24) is 9.80 Å². The Bertz CT molecular complexity index is 856. The van der Waals surface area contributed by atoms with E-state index in [1.807, 2.05) is 31.2 Å². The summed E-state index contributed by atoms with van der Waals surface area (Å²) in [6.45, 7) is 5.45. The van der Waals surface area contributed by atoms with Gasteiger partial charge in [0.15, 0.2) is 0 Å². The average molecular weight is 475 g/mol. The number of esters is 1. The lowest BCUT2D eigenvalue weighted by Gasteiger charge is -2.37. The van der Waals surface area contributed by atoms with Gasteiger partial charge in [-0.15, -0.1) is 0 Å². The van der Waals surface area contributed by atoms with Crippen molar-refractivity contribution in [3.05, 3.63) is 24.3 Å². The van der Waals surface area contributed by atoms with Crippen molar-refractivity contribution >= 4 is 17.8 Å². The molecule has 1 unspecified atom stereocenters. The molecule has 0 bridgehead atoms. The standard InChI is InChI=1S/C26H38N2O6/c1-3-4-8-14-27-15-10-13-26-19(22(30)28(16-11-17-29)21(26)23(27)31)20-24(32)33-18-9-6-5-7-12-25(20,2)34-26/h7,10,12-13,19-21,29H,3-6,8-9,11,14-18H2,1-2H3/b12-7-/t19-,20-,21?,25+,26-/m0/s1. The molecule has 0 aromatic carbocycles. The number of rotatable bonds is 7. The maximum Gasteiger partial charge on any atom is 0.313 e. The molecule has 1 spiro atoms. The second-order valence-electron chi connectivity index (χ2n) is 10.1. The molecule has 188 valence electrons. The van der Waals surface area contributed by atoms with Gasteiger partial charge < -0.3 is 24.4 Å². The summed E-state index contributed by atoms with van der Waals surface area (Å²) in [6, 6.07) is -0.868. The molecule has 8 heteroatoms. The van der Waals surface area contributed by atoms with Gasteiger partial charge in [0, 0.05) is 26.2 Å². The van der Waals surface area contributed by atoms with E-state index in [-0.39, 0.29) is 25.0 Å². The van der Waals surface area contributed by atoms with E-state index in [9.17, 15) is 19.5 Å². The Hall–Kier alpha value is -2.19.